The van der Waals surface area contributed by atoms with Gasteiger partial charge in [0.05, 0.1) is 0 Å². The minimum absolute atomic E-state index is 0.266. The lowest BCUT2D eigenvalue weighted by Crippen LogP contribution is -2.36. The second kappa shape index (κ2) is 6.09. The minimum Gasteiger partial charge on any atom is -0.317 e. The lowest BCUT2D eigenvalue weighted by molar-refractivity contribution is 0.172. The molecule has 1 heteroatoms. The predicted molar refractivity (Wildman–Crippen MR) is 83.6 cm³/mol. The van der Waals surface area contributed by atoms with Crippen LogP contribution in [0.1, 0.15) is 51.7 Å². The van der Waals surface area contributed by atoms with Gasteiger partial charge >= 0.3 is 0 Å². The van der Waals surface area contributed by atoms with Crippen molar-refractivity contribution in [2.24, 2.45) is 11.8 Å². The van der Waals surface area contributed by atoms with Crippen LogP contribution in [0, 0.1) is 11.8 Å². The molecule has 0 spiro atoms. The van der Waals surface area contributed by atoms with Crippen molar-refractivity contribution in [3.8, 4) is 0 Å². The molecule has 0 aliphatic heterocycles. The summed E-state index contributed by atoms with van der Waals surface area (Å²) in [6.45, 7) is 11.3. The first-order valence-electron chi connectivity index (χ1n) is 7.81. The first-order valence-corrected chi connectivity index (χ1v) is 7.81. The van der Waals surface area contributed by atoms with Crippen molar-refractivity contribution < 1.29 is 0 Å². The first kappa shape index (κ1) is 14.6. The number of hydrogen-bond acceptors (Lipinski definition) is 1. The van der Waals surface area contributed by atoms with Crippen LogP contribution in [0.3, 0.4) is 0 Å². The molecule has 2 rings (SSSR count). The molecular weight excluding hydrogens is 230 g/mol. The third-order valence-electron chi connectivity index (χ3n) is 4.55. The monoisotopic (exact) mass is 259 g/mol. The highest BCUT2D eigenvalue weighted by molar-refractivity contribution is 5.28. The molecule has 1 nitrogen and oxygen atoms in total. The van der Waals surface area contributed by atoms with Crippen molar-refractivity contribution in [2.45, 2.75) is 52.4 Å². The van der Waals surface area contributed by atoms with E-state index >= 15 is 0 Å². The topological polar surface area (TPSA) is 12.0 Å². The van der Waals surface area contributed by atoms with Crippen molar-refractivity contribution in [1.82, 2.24) is 5.32 Å². The molecule has 0 saturated heterocycles. The maximum atomic E-state index is 3.49. The zero-order valence-corrected chi connectivity index (χ0v) is 13.0. The lowest BCUT2D eigenvalue weighted by atomic mass is 9.70. The van der Waals surface area contributed by atoms with E-state index < -0.39 is 0 Å². The Balaban J connectivity index is 1.89. The van der Waals surface area contributed by atoms with Crippen molar-refractivity contribution in [3.63, 3.8) is 0 Å². The molecule has 1 saturated carbocycles. The maximum Gasteiger partial charge on any atom is -0.00179 e. The van der Waals surface area contributed by atoms with Gasteiger partial charge in [-0.3, -0.25) is 0 Å². The molecule has 1 aliphatic carbocycles. The predicted octanol–water partition coefficient (Wildman–Crippen LogP) is 4.16. The van der Waals surface area contributed by atoms with E-state index in [1.807, 2.05) is 0 Å². The number of hydrogen-bond donors (Lipinski definition) is 1. The van der Waals surface area contributed by atoms with Crippen LogP contribution in [0.2, 0.25) is 0 Å². The smallest absolute Gasteiger partial charge is 0.00179 e. The van der Waals surface area contributed by atoms with E-state index in [0.717, 1.165) is 18.4 Å². The zero-order chi connectivity index (χ0) is 13.9. The Labute approximate surface area is 118 Å². The highest BCUT2D eigenvalue weighted by Gasteiger charge is 2.30. The second-order valence-corrected chi connectivity index (χ2v) is 7.06. The summed E-state index contributed by atoms with van der Waals surface area (Å²) >= 11 is 0. The fourth-order valence-electron chi connectivity index (χ4n) is 2.95. The van der Waals surface area contributed by atoms with Crippen molar-refractivity contribution in [2.75, 3.05) is 13.1 Å². The quantitative estimate of drug-likeness (QED) is 0.837. The molecule has 0 radical (unpaired) electrons. The van der Waals surface area contributed by atoms with Gasteiger partial charge in [-0.25, -0.2) is 0 Å². The average molecular weight is 259 g/mol. The fraction of sp³-hybridized carbons (Fsp3) is 0.667. The van der Waals surface area contributed by atoms with Crippen LogP contribution in [0.5, 0.6) is 0 Å². The van der Waals surface area contributed by atoms with Crippen LogP contribution >= 0.6 is 0 Å². The molecule has 2 unspecified atom stereocenters. The second-order valence-electron chi connectivity index (χ2n) is 7.06. The van der Waals surface area contributed by atoms with Gasteiger partial charge in [0, 0.05) is 0 Å². The molecule has 19 heavy (non-hydrogen) atoms. The molecule has 0 amide bonds. The molecule has 0 heterocycles. The van der Waals surface area contributed by atoms with Crippen LogP contribution < -0.4 is 5.32 Å². The van der Waals surface area contributed by atoms with Gasteiger partial charge in [-0.05, 0) is 60.7 Å². The fourth-order valence-corrected chi connectivity index (χ4v) is 2.95. The largest absolute Gasteiger partial charge is 0.317 e. The van der Waals surface area contributed by atoms with E-state index in [9.17, 15) is 0 Å². The lowest BCUT2D eigenvalue weighted by Gasteiger charge is -2.37. The normalized spacial score (nSPS) is 23.2. The Morgan fingerprint density at radius 1 is 1.05 bits per heavy atom. The highest BCUT2D eigenvalue weighted by Crippen LogP contribution is 2.36. The van der Waals surface area contributed by atoms with Gasteiger partial charge < -0.3 is 5.32 Å². The Morgan fingerprint density at radius 3 is 2.16 bits per heavy atom. The third kappa shape index (κ3) is 3.82. The van der Waals surface area contributed by atoms with E-state index in [1.54, 1.807) is 0 Å². The van der Waals surface area contributed by atoms with E-state index in [2.05, 4.69) is 57.3 Å². The van der Waals surface area contributed by atoms with E-state index in [1.165, 1.54) is 36.9 Å². The van der Waals surface area contributed by atoms with Crippen molar-refractivity contribution >= 4 is 0 Å². The molecule has 1 aromatic rings. The summed E-state index contributed by atoms with van der Waals surface area (Å²) in [5.41, 5.74) is 3.22. The minimum atomic E-state index is 0.266. The third-order valence-corrected chi connectivity index (χ3v) is 4.55. The first-order chi connectivity index (χ1) is 9.00. The summed E-state index contributed by atoms with van der Waals surface area (Å²) in [5.74, 6) is 1.81. The van der Waals surface area contributed by atoms with E-state index in [-0.39, 0.29) is 5.41 Å². The molecule has 0 bridgehead atoms. The van der Waals surface area contributed by atoms with Gasteiger partial charge in [0.1, 0.15) is 0 Å². The number of nitrogens with one attached hydrogen (secondary N) is 1. The summed E-state index contributed by atoms with van der Waals surface area (Å²) in [4.78, 5) is 0. The van der Waals surface area contributed by atoms with Crippen LogP contribution in [0.25, 0.3) is 0 Å². The molecule has 1 aliphatic rings. The van der Waals surface area contributed by atoms with Gasteiger partial charge in [-0.15, -0.1) is 0 Å². The van der Waals surface area contributed by atoms with Gasteiger partial charge in [-0.1, -0.05) is 52.0 Å². The summed E-state index contributed by atoms with van der Waals surface area (Å²) in [7, 11) is 0. The summed E-state index contributed by atoms with van der Waals surface area (Å²) < 4.78 is 0. The van der Waals surface area contributed by atoms with Crippen LogP contribution in [-0.2, 0) is 11.8 Å². The van der Waals surface area contributed by atoms with Gasteiger partial charge in [0.25, 0.3) is 0 Å². The van der Waals surface area contributed by atoms with Crippen LogP contribution in [0.15, 0.2) is 24.3 Å². The average Bonchev–Trinajstić information content (AvgIpc) is 2.35. The number of rotatable bonds is 5. The molecule has 1 N–H and O–H groups in total. The number of benzene rings is 1. The SMILES string of the molecule is CCNCC1CCC1Cc1ccc(C(C)(C)C)cc1. The zero-order valence-electron chi connectivity index (χ0n) is 13.0. The maximum absolute atomic E-state index is 3.49. The Morgan fingerprint density at radius 2 is 1.68 bits per heavy atom. The van der Waals surface area contributed by atoms with Gasteiger partial charge in [-0.2, -0.15) is 0 Å². The van der Waals surface area contributed by atoms with Gasteiger partial charge in [0.2, 0.25) is 0 Å². The van der Waals surface area contributed by atoms with E-state index in [0.29, 0.717) is 0 Å². The van der Waals surface area contributed by atoms with Crippen molar-refractivity contribution in [1.29, 1.82) is 0 Å². The molecule has 1 fully saturated rings. The molecular formula is C18H29N. The summed E-state index contributed by atoms with van der Waals surface area (Å²) in [6, 6.07) is 9.30. The van der Waals surface area contributed by atoms with Crippen molar-refractivity contribution in [3.05, 3.63) is 35.4 Å². The molecule has 106 valence electrons. The van der Waals surface area contributed by atoms with Crippen LogP contribution in [0.4, 0.5) is 0 Å². The Kier molecular flexibility index (Phi) is 4.67. The van der Waals surface area contributed by atoms with Crippen LogP contribution in [-0.4, -0.2) is 13.1 Å². The standard InChI is InChI=1S/C18H29N/c1-5-19-13-16-9-8-15(16)12-14-6-10-17(11-7-14)18(2,3)4/h6-7,10-11,15-16,19H,5,8-9,12-13H2,1-4H3. The highest BCUT2D eigenvalue weighted by atomic mass is 14.9. The summed E-state index contributed by atoms with van der Waals surface area (Å²) in [6.07, 6.45) is 4.09. The summed E-state index contributed by atoms with van der Waals surface area (Å²) in [5, 5.41) is 3.49. The molecule has 2 atom stereocenters. The molecule has 1 aromatic carbocycles. The van der Waals surface area contributed by atoms with Gasteiger partial charge in [0.15, 0.2) is 0 Å². The Bertz CT molecular complexity index is 385. The molecule has 0 aromatic heterocycles. The van der Waals surface area contributed by atoms with E-state index in [4.69, 9.17) is 0 Å². The Hall–Kier alpha value is -0.820.